The van der Waals surface area contributed by atoms with Gasteiger partial charge in [0.25, 0.3) is 5.01 Å². The Labute approximate surface area is 250 Å². The minimum atomic E-state index is -4.39. The van der Waals surface area contributed by atoms with Crippen molar-refractivity contribution < 1.29 is 61.7 Å². The smallest absolute Gasteiger partial charge is 0.748 e. The summed E-state index contributed by atoms with van der Waals surface area (Å²) in [6.07, 6.45) is 1.79. The Morgan fingerprint density at radius 2 is 1.84 bits per heavy atom. The van der Waals surface area contributed by atoms with E-state index in [2.05, 4.69) is 0 Å². The number of aliphatic carboxylic acids is 1. The fourth-order valence-electron chi connectivity index (χ4n) is 4.23. The van der Waals surface area contributed by atoms with E-state index in [1.165, 1.54) is 11.3 Å². The average molecular weight is 579 g/mol. The van der Waals surface area contributed by atoms with Crippen LogP contribution in [-0.2, 0) is 21.5 Å². The monoisotopic (exact) mass is 578 g/mol. The molecule has 0 bridgehead atoms. The normalized spacial score (nSPS) is 13.8. The van der Waals surface area contributed by atoms with Gasteiger partial charge in [-0.2, -0.15) is 4.57 Å². The molecule has 0 amide bonds. The van der Waals surface area contributed by atoms with E-state index in [9.17, 15) is 22.9 Å². The van der Waals surface area contributed by atoms with Gasteiger partial charge in [-0.3, -0.25) is 0 Å². The number of hydrogen-bond acceptors (Lipinski definition) is 8. The van der Waals surface area contributed by atoms with E-state index in [4.69, 9.17) is 16.3 Å². The number of thiazole rings is 1. The molecule has 0 saturated heterocycles. The average Bonchev–Trinajstić information content (AvgIpc) is 3.35. The van der Waals surface area contributed by atoms with E-state index >= 15 is 0 Å². The van der Waals surface area contributed by atoms with E-state index in [-0.39, 0.29) is 49.1 Å². The third-order valence-corrected chi connectivity index (χ3v) is 7.98. The maximum Gasteiger partial charge on any atom is 1.00 e. The Balaban J connectivity index is 0.00000336. The Kier molecular flexibility index (Phi) is 8.83. The zero-order chi connectivity index (χ0) is 26.2. The number of ether oxygens (including phenoxy) is 1. The second-order valence-electron chi connectivity index (χ2n) is 8.41. The molecule has 0 unspecified atom stereocenters. The van der Waals surface area contributed by atoms with Crippen molar-refractivity contribution in [3.05, 3.63) is 82.6 Å². The van der Waals surface area contributed by atoms with Crippen LogP contribution in [-0.4, -0.2) is 31.2 Å². The molecule has 0 fully saturated rings. The van der Waals surface area contributed by atoms with Crippen LogP contribution in [0.15, 0.2) is 72.6 Å². The first-order valence-corrected chi connectivity index (χ1v) is 14.1. The Hall–Kier alpha value is -2.44. The summed E-state index contributed by atoms with van der Waals surface area (Å²) in [4.78, 5) is 13.3. The molecule has 12 heteroatoms. The molecule has 190 valence electrons. The number of carboxylic acids is 1. The molecule has 0 aliphatic carbocycles. The van der Waals surface area contributed by atoms with Crippen LogP contribution in [0.2, 0.25) is 5.02 Å². The van der Waals surface area contributed by atoms with Crippen LogP contribution in [0.3, 0.4) is 0 Å². The van der Waals surface area contributed by atoms with Gasteiger partial charge in [0.05, 0.1) is 21.9 Å². The van der Waals surface area contributed by atoms with Gasteiger partial charge in [-0.1, -0.05) is 59.3 Å². The standard InChI is InChI=1S/C26H21ClN2O6S2.Na/c27-19-8-10-23-21(14-19)29(16-26(30)31)25(36-23)15-24-28(11-4-12-37(32,33)34)20-13-18(7-9-22(20)35-24)17-5-2-1-3-6-17;/h1-3,5-10,13-15H,4,11-12,16H2,(H-,30,31,32,33,34);/q;+1/p-1. The number of benzene rings is 3. The van der Waals surface area contributed by atoms with E-state index in [0.717, 1.165) is 15.8 Å². The Bertz CT molecular complexity index is 1640. The first-order valence-electron chi connectivity index (χ1n) is 11.3. The number of fused-ring (bicyclic) bond motifs is 2. The predicted molar refractivity (Wildman–Crippen MR) is 139 cm³/mol. The second kappa shape index (κ2) is 11.7. The zero-order valence-corrected chi connectivity index (χ0v) is 24.7. The van der Waals surface area contributed by atoms with Crippen molar-refractivity contribution >= 4 is 61.0 Å². The van der Waals surface area contributed by atoms with Crippen LogP contribution in [0.25, 0.3) is 27.4 Å². The number of carboxylic acid groups (broad SMARTS) is 1. The van der Waals surface area contributed by atoms with Crippen molar-refractivity contribution in [3.63, 3.8) is 0 Å². The minimum absolute atomic E-state index is 0. The van der Waals surface area contributed by atoms with Gasteiger partial charge in [0.15, 0.2) is 12.3 Å². The molecule has 1 aliphatic heterocycles. The quantitative estimate of drug-likeness (QED) is 0.169. The molecule has 0 atom stereocenters. The fourth-order valence-corrected chi connectivity index (χ4v) is 5.95. The molecule has 0 radical (unpaired) electrons. The van der Waals surface area contributed by atoms with Crippen LogP contribution >= 0.6 is 22.9 Å². The number of rotatable bonds is 8. The van der Waals surface area contributed by atoms with Gasteiger partial charge in [0, 0.05) is 23.4 Å². The maximum absolute atomic E-state index is 11.5. The molecule has 8 nitrogen and oxygen atoms in total. The molecule has 0 N–H and O–H groups in total. The van der Waals surface area contributed by atoms with Crippen molar-refractivity contribution in [2.45, 2.75) is 13.0 Å². The molecule has 0 saturated carbocycles. The second-order valence-corrected chi connectivity index (χ2v) is 11.4. The van der Waals surface area contributed by atoms with Gasteiger partial charge in [-0.05, 0) is 41.8 Å². The molecule has 5 rings (SSSR count). The minimum Gasteiger partial charge on any atom is -0.748 e. The molecule has 2 heterocycles. The van der Waals surface area contributed by atoms with E-state index in [1.807, 2.05) is 54.6 Å². The number of hydrogen-bond donors (Lipinski definition) is 0. The summed E-state index contributed by atoms with van der Waals surface area (Å²) in [7, 11) is -4.39. The fraction of sp³-hybridized carbons (Fsp3) is 0.154. The number of aromatic nitrogens is 1. The Morgan fingerprint density at radius 1 is 1.08 bits per heavy atom. The number of halogens is 1. The first kappa shape index (κ1) is 28.6. The van der Waals surface area contributed by atoms with Crippen molar-refractivity contribution in [2.75, 3.05) is 17.2 Å². The summed E-state index contributed by atoms with van der Waals surface area (Å²) in [5.41, 5.74) is 3.29. The molecular weight excluding hydrogens is 559 g/mol. The number of nitrogens with zero attached hydrogens (tertiary/aromatic N) is 2. The summed E-state index contributed by atoms with van der Waals surface area (Å²) in [5, 5.41) is 12.6. The molecule has 38 heavy (non-hydrogen) atoms. The summed E-state index contributed by atoms with van der Waals surface area (Å²) in [5.74, 6) is -0.832. The van der Waals surface area contributed by atoms with Gasteiger partial charge < -0.3 is 24.1 Å². The van der Waals surface area contributed by atoms with E-state index in [0.29, 0.717) is 32.9 Å². The van der Waals surface area contributed by atoms with Gasteiger partial charge in [-0.25, -0.2) is 8.42 Å². The van der Waals surface area contributed by atoms with Crippen LogP contribution in [0.4, 0.5) is 5.69 Å². The molecule has 1 aromatic heterocycles. The van der Waals surface area contributed by atoms with Crippen LogP contribution < -0.4 is 48.9 Å². The van der Waals surface area contributed by atoms with E-state index in [1.54, 1.807) is 27.7 Å². The van der Waals surface area contributed by atoms with E-state index < -0.39 is 21.8 Å². The predicted octanol–water partition coefficient (Wildman–Crippen LogP) is 0.396. The van der Waals surface area contributed by atoms with Gasteiger partial charge >= 0.3 is 29.6 Å². The first-order chi connectivity index (χ1) is 17.7. The number of carbonyl (C=O) groups is 1. The van der Waals surface area contributed by atoms with Crippen molar-refractivity contribution in [1.29, 1.82) is 0 Å². The molecule has 4 aromatic rings. The SMILES string of the molecule is O=C([O-])C[n+]1c(/C=C2\Oc3ccc(-c4ccccc4)cc3N2CCCS(=O)(=O)[O-])sc2ccc(Cl)cc21.[Na+]. The number of anilines is 1. The van der Waals surface area contributed by atoms with Crippen molar-refractivity contribution in [3.8, 4) is 16.9 Å². The van der Waals surface area contributed by atoms with Gasteiger partial charge in [0.2, 0.25) is 11.4 Å². The van der Waals surface area contributed by atoms with Gasteiger partial charge in [0.1, 0.15) is 10.7 Å². The van der Waals surface area contributed by atoms with Crippen molar-refractivity contribution in [2.24, 2.45) is 0 Å². The van der Waals surface area contributed by atoms with Crippen LogP contribution in [0.5, 0.6) is 5.75 Å². The number of carbonyl (C=O) groups excluding carboxylic acids is 1. The topological polar surface area (TPSA) is 114 Å². The molecular formula is C26H20ClN2NaO6S2. The maximum atomic E-state index is 11.5. The Morgan fingerprint density at radius 3 is 2.55 bits per heavy atom. The summed E-state index contributed by atoms with van der Waals surface area (Å²) in [6, 6.07) is 20.7. The summed E-state index contributed by atoms with van der Waals surface area (Å²) < 4.78 is 42.3. The largest absolute Gasteiger partial charge is 1.00 e. The molecule has 0 spiro atoms. The summed E-state index contributed by atoms with van der Waals surface area (Å²) >= 11 is 7.51. The van der Waals surface area contributed by atoms with Crippen molar-refractivity contribution in [1.82, 2.24) is 0 Å². The third kappa shape index (κ3) is 6.40. The summed E-state index contributed by atoms with van der Waals surface area (Å²) in [6.45, 7) is -0.186. The van der Waals surface area contributed by atoms with Crippen LogP contribution in [0.1, 0.15) is 11.4 Å². The molecule has 3 aromatic carbocycles. The zero-order valence-electron chi connectivity index (χ0n) is 20.3. The molecule has 1 aliphatic rings. The van der Waals surface area contributed by atoms with Crippen LogP contribution in [0, 0.1) is 0 Å². The third-order valence-electron chi connectivity index (χ3n) is 5.84. The van der Waals surface area contributed by atoms with Gasteiger partial charge in [-0.15, -0.1) is 0 Å².